The number of aliphatic carboxylic acids is 1. The maximum Gasteiger partial charge on any atom is 0.309 e. The van der Waals surface area contributed by atoms with Gasteiger partial charge in [-0.05, 0) is 41.9 Å². The average Bonchev–Trinajstić information content (AvgIpc) is 2.33. The Morgan fingerprint density at radius 3 is 2.10 bits per heavy atom. The van der Waals surface area contributed by atoms with Crippen LogP contribution in [0.1, 0.15) is 53.5 Å². The van der Waals surface area contributed by atoms with E-state index >= 15 is 0 Å². The third-order valence-electron chi connectivity index (χ3n) is 3.53. The Balaban J connectivity index is 2.71. The molecule has 1 unspecified atom stereocenters. The molecule has 0 fully saturated rings. The second-order valence-corrected chi connectivity index (χ2v) is 7.70. The Bertz CT molecular complexity index is 466. The summed E-state index contributed by atoms with van der Waals surface area (Å²) in [6.45, 7) is 13.1. The molecule has 0 aliphatic heterocycles. The van der Waals surface area contributed by atoms with E-state index < -0.39 is 11.9 Å². The van der Waals surface area contributed by atoms with E-state index in [9.17, 15) is 4.79 Å². The van der Waals surface area contributed by atoms with Crippen molar-refractivity contribution in [3.8, 4) is 5.75 Å². The quantitative estimate of drug-likeness (QED) is 0.839. The number of carboxylic acids is 1. The predicted molar refractivity (Wildman–Crippen MR) is 85.8 cm³/mol. The highest BCUT2D eigenvalue weighted by Gasteiger charge is 2.27. The van der Waals surface area contributed by atoms with Gasteiger partial charge in [-0.1, -0.05) is 46.8 Å². The first-order chi connectivity index (χ1) is 9.51. The number of benzene rings is 1. The molecule has 1 atom stereocenters. The molecule has 0 heterocycles. The van der Waals surface area contributed by atoms with Crippen LogP contribution in [0.5, 0.6) is 5.75 Å². The molecule has 3 heteroatoms. The summed E-state index contributed by atoms with van der Waals surface area (Å²) >= 11 is 0. The zero-order valence-electron chi connectivity index (χ0n) is 14.1. The van der Waals surface area contributed by atoms with Crippen LogP contribution in [-0.4, -0.2) is 17.7 Å². The number of carboxylic acid groups (broad SMARTS) is 1. The van der Waals surface area contributed by atoms with Gasteiger partial charge in [-0.15, -0.1) is 0 Å². The summed E-state index contributed by atoms with van der Waals surface area (Å²) in [4.78, 5) is 10.8. The summed E-state index contributed by atoms with van der Waals surface area (Å²) < 4.78 is 5.52. The van der Waals surface area contributed by atoms with Crippen LogP contribution in [-0.2, 0) is 10.2 Å². The minimum atomic E-state index is -0.835. The summed E-state index contributed by atoms with van der Waals surface area (Å²) in [5.41, 5.74) is 1.65. The molecule has 0 aliphatic carbocycles. The molecule has 0 radical (unpaired) electrons. The van der Waals surface area contributed by atoms with Crippen LogP contribution < -0.4 is 4.74 Å². The van der Waals surface area contributed by atoms with Crippen LogP contribution in [0, 0.1) is 11.3 Å². The SMILES string of the molecule is CC(COc1ccc(C(C)(C)CC(C)(C)C)cc1)C(=O)O. The molecule has 0 bridgehead atoms. The Labute approximate surface area is 128 Å². The van der Waals surface area contributed by atoms with Crippen LogP contribution in [0.15, 0.2) is 24.3 Å². The third-order valence-corrected chi connectivity index (χ3v) is 3.53. The van der Waals surface area contributed by atoms with Crippen molar-refractivity contribution in [1.29, 1.82) is 0 Å². The fourth-order valence-corrected chi connectivity index (χ4v) is 2.72. The predicted octanol–water partition coefficient (Wildman–Crippen LogP) is 4.50. The van der Waals surface area contributed by atoms with E-state index in [-0.39, 0.29) is 17.4 Å². The van der Waals surface area contributed by atoms with Crippen molar-refractivity contribution in [2.45, 2.75) is 53.4 Å². The minimum absolute atomic E-state index is 0.102. The van der Waals surface area contributed by atoms with Crippen molar-refractivity contribution in [1.82, 2.24) is 0 Å². The lowest BCUT2D eigenvalue weighted by Crippen LogP contribution is -2.24. The molecule has 0 amide bonds. The van der Waals surface area contributed by atoms with Gasteiger partial charge in [0.05, 0.1) is 5.92 Å². The number of carbonyl (C=O) groups is 1. The molecule has 0 aromatic heterocycles. The maximum atomic E-state index is 10.8. The molecular formula is C18H28O3. The Morgan fingerprint density at radius 2 is 1.67 bits per heavy atom. The van der Waals surface area contributed by atoms with E-state index in [1.54, 1.807) is 6.92 Å². The number of ether oxygens (including phenoxy) is 1. The molecule has 1 N–H and O–H groups in total. The smallest absolute Gasteiger partial charge is 0.309 e. The largest absolute Gasteiger partial charge is 0.493 e. The minimum Gasteiger partial charge on any atom is -0.493 e. The molecule has 1 aromatic rings. The molecule has 1 rings (SSSR count). The highest BCUT2D eigenvalue weighted by molar-refractivity contribution is 5.69. The molecular weight excluding hydrogens is 264 g/mol. The summed E-state index contributed by atoms with van der Waals surface area (Å²) in [5.74, 6) is -0.613. The van der Waals surface area contributed by atoms with Gasteiger partial charge < -0.3 is 9.84 Å². The summed E-state index contributed by atoms with van der Waals surface area (Å²) in [6.07, 6.45) is 1.09. The molecule has 0 spiro atoms. The summed E-state index contributed by atoms with van der Waals surface area (Å²) in [6, 6.07) is 8.00. The first-order valence-electron chi connectivity index (χ1n) is 7.47. The molecule has 0 saturated carbocycles. The van der Waals surface area contributed by atoms with Gasteiger partial charge >= 0.3 is 5.97 Å². The van der Waals surface area contributed by atoms with Gasteiger partial charge in [0.25, 0.3) is 0 Å². The molecule has 3 nitrogen and oxygen atoms in total. The molecule has 1 aromatic carbocycles. The lowest BCUT2D eigenvalue weighted by molar-refractivity contribution is -0.142. The van der Waals surface area contributed by atoms with Crippen LogP contribution >= 0.6 is 0 Å². The Hall–Kier alpha value is -1.51. The van der Waals surface area contributed by atoms with Crippen molar-refractivity contribution in [2.75, 3.05) is 6.61 Å². The van der Waals surface area contributed by atoms with Crippen LogP contribution in [0.25, 0.3) is 0 Å². The van der Waals surface area contributed by atoms with Gasteiger partial charge in [-0.25, -0.2) is 0 Å². The lowest BCUT2D eigenvalue weighted by Gasteiger charge is -2.33. The fraction of sp³-hybridized carbons (Fsp3) is 0.611. The van der Waals surface area contributed by atoms with Crippen LogP contribution in [0.2, 0.25) is 0 Å². The highest BCUT2D eigenvalue weighted by atomic mass is 16.5. The zero-order chi connectivity index (χ0) is 16.3. The Morgan fingerprint density at radius 1 is 1.14 bits per heavy atom. The van der Waals surface area contributed by atoms with E-state index in [2.05, 4.69) is 46.8 Å². The Kier molecular flexibility index (Phi) is 5.43. The van der Waals surface area contributed by atoms with E-state index in [0.717, 1.165) is 12.2 Å². The van der Waals surface area contributed by atoms with Crippen molar-refractivity contribution in [3.05, 3.63) is 29.8 Å². The van der Waals surface area contributed by atoms with Crippen molar-refractivity contribution in [2.24, 2.45) is 11.3 Å². The van der Waals surface area contributed by atoms with Gasteiger partial charge in [-0.2, -0.15) is 0 Å². The molecule has 0 aliphatic rings. The number of hydrogen-bond acceptors (Lipinski definition) is 2. The second kappa shape index (κ2) is 6.50. The second-order valence-electron chi connectivity index (χ2n) is 7.70. The topological polar surface area (TPSA) is 46.5 Å². The van der Waals surface area contributed by atoms with E-state index in [4.69, 9.17) is 9.84 Å². The van der Waals surface area contributed by atoms with Gasteiger partial charge in [0, 0.05) is 0 Å². The van der Waals surface area contributed by atoms with E-state index in [0.29, 0.717) is 0 Å². The first-order valence-corrected chi connectivity index (χ1v) is 7.47. The number of hydrogen-bond donors (Lipinski definition) is 1. The average molecular weight is 292 g/mol. The number of rotatable bonds is 6. The third kappa shape index (κ3) is 5.78. The lowest BCUT2D eigenvalue weighted by atomic mass is 9.72. The van der Waals surface area contributed by atoms with Gasteiger partial charge in [-0.3, -0.25) is 4.79 Å². The van der Waals surface area contributed by atoms with Crippen molar-refractivity contribution in [3.63, 3.8) is 0 Å². The van der Waals surface area contributed by atoms with Gasteiger partial charge in [0.15, 0.2) is 0 Å². The van der Waals surface area contributed by atoms with Gasteiger partial charge in [0.1, 0.15) is 12.4 Å². The van der Waals surface area contributed by atoms with E-state index in [1.165, 1.54) is 5.56 Å². The zero-order valence-corrected chi connectivity index (χ0v) is 14.1. The highest BCUT2D eigenvalue weighted by Crippen LogP contribution is 2.36. The summed E-state index contributed by atoms with van der Waals surface area (Å²) in [5, 5.41) is 8.84. The molecule has 118 valence electrons. The van der Waals surface area contributed by atoms with Crippen molar-refractivity contribution >= 4 is 5.97 Å². The first kappa shape index (κ1) is 17.5. The van der Waals surface area contributed by atoms with Gasteiger partial charge in [0.2, 0.25) is 0 Å². The fourth-order valence-electron chi connectivity index (χ4n) is 2.72. The monoisotopic (exact) mass is 292 g/mol. The van der Waals surface area contributed by atoms with E-state index in [1.807, 2.05) is 12.1 Å². The normalized spacial score (nSPS) is 13.8. The molecule has 0 saturated heterocycles. The van der Waals surface area contributed by atoms with Crippen molar-refractivity contribution < 1.29 is 14.6 Å². The summed E-state index contributed by atoms with van der Waals surface area (Å²) in [7, 11) is 0. The molecule has 21 heavy (non-hydrogen) atoms. The standard InChI is InChI=1S/C18H28O3/c1-13(16(19)20)11-21-15-9-7-14(8-10-15)18(5,6)12-17(2,3)4/h7-10,13H,11-12H2,1-6H3,(H,19,20). The van der Waals surface area contributed by atoms with Crippen LogP contribution in [0.4, 0.5) is 0 Å². The van der Waals surface area contributed by atoms with Crippen LogP contribution in [0.3, 0.4) is 0 Å². The maximum absolute atomic E-state index is 10.8.